The molecule has 168 valence electrons. The Bertz CT molecular complexity index is 1040. The third-order valence-electron chi connectivity index (χ3n) is 3.85. The van der Waals surface area contributed by atoms with Gasteiger partial charge in [-0.3, -0.25) is 14.6 Å². The number of nitrogens with one attached hydrogen (secondary N) is 2. The molecule has 3 aromatic rings. The van der Waals surface area contributed by atoms with Crippen molar-refractivity contribution in [2.45, 2.75) is 19.5 Å². The summed E-state index contributed by atoms with van der Waals surface area (Å²) in [6.45, 7) is 0.0958. The predicted octanol–water partition coefficient (Wildman–Crippen LogP) is 3.06. The lowest BCUT2D eigenvalue weighted by Gasteiger charge is -2.10. The molecule has 0 aliphatic heterocycles. The number of hydrogen-bond donors (Lipinski definition) is 2. The second kappa shape index (κ2) is 10.6. The molecule has 0 spiro atoms. The van der Waals surface area contributed by atoms with Crippen molar-refractivity contribution in [3.63, 3.8) is 0 Å². The van der Waals surface area contributed by atoms with E-state index in [2.05, 4.69) is 25.3 Å². The fourth-order valence-electron chi connectivity index (χ4n) is 2.38. The van der Waals surface area contributed by atoms with Crippen molar-refractivity contribution in [1.29, 1.82) is 0 Å². The van der Waals surface area contributed by atoms with Crippen molar-refractivity contribution in [2.75, 3.05) is 6.61 Å². The molecular formula is C20H17F3N4O4S. The van der Waals surface area contributed by atoms with Gasteiger partial charge < -0.3 is 20.1 Å². The standard InChI is InChI=1S/C20H17F3N4O4S/c21-20(22,23)31-15-3-1-14(2-4-15)30-11-17(28)25-10-18-27-16(12-32-18)19(29)26-9-13-5-7-24-8-6-13/h1-8,12H,9-11H2,(H,25,28)(H,26,29). The summed E-state index contributed by atoms with van der Waals surface area (Å²) in [6, 6.07) is 8.25. The molecule has 12 heteroatoms. The van der Waals surface area contributed by atoms with Crippen LogP contribution in [0.2, 0.25) is 0 Å². The predicted molar refractivity (Wildman–Crippen MR) is 108 cm³/mol. The first kappa shape index (κ1) is 23.0. The number of rotatable bonds is 9. The number of benzene rings is 1. The normalized spacial score (nSPS) is 11.0. The van der Waals surface area contributed by atoms with Gasteiger partial charge in [0.05, 0.1) is 6.54 Å². The van der Waals surface area contributed by atoms with E-state index < -0.39 is 18.0 Å². The summed E-state index contributed by atoms with van der Waals surface area (Å²) in [7, 11) is 0. The number of pyridine rings is 1. The number of carbonyl (C=O) groups is 2. The number of thiazole rings is 1. The SMILES string of the molecule is O=C(COc1ccc(OC(F)(F)F)cc1)NCc1nc(C(=O)NCc2ccncc2)cs1. The minimum Gasteiger partial charge on any atom is -0.484 e. The number of nitrogens with zero attached hydrogens (tertiary/aromatic N) is 2. The van der Waals surface area contributed by atoms with Crippen molar-refractivity contribution in [3.8, 4) is 11.5 Å². The molecule has 0 aliphatic rings. The van der Waals surface area contributed by atoms with Gasteiger partial charge in [-0.05, 0) is 42.0 Å². The van der Waals surface area contributed by atoms with Crippen molar-refractivity contribution < 1.29 is 32.2 Å². The zero-order chi connectivity index (χ0) is 23.0. The van der Waals surface area contributed by atoms with Crippen LogP contribution < -0.4 is 20.1 Å². The fourth-order valence-corrected chi connectivity index (χ4v) is 3.10. The summed E-state index contributed by atoms with van der Waals surface area (Å²) >= 11 is 1.22. The Morgan fingerprint density at radius 1 is 0.969 bits per heavy atom. The van der Waals surface area contributed by atoms with E-state index >= 15 is 0 Å². The van der Waals surface area contributed by atoms with E-state index in [-0.39, 0.29) is 30.5 Å². The van der Waals surface area contributed by atoms with Gasteiger partial charge in [0.25, 0.3) is 11.8 Å². The molecule has 2 N–H and O–H groups in total. The lowest BCUT2D eigenvalue weighted by molar-refractivity contribution is -0.274. The summed E-state index contributed by atoms with van der Waals surface area (Å²) in [4.78, 5) is 32.2. The highest BCUT2D eigenvalue weighted by Crippen LogP contribution is 2.24. The highest BCUT2D eigenvalue weighted by molar-refractivity contribution is 7.09. The zero-order valence-electron chi connectivity index (χ0n) is 16.4. The maximum Gasteiger partial charge on any atom is 0.573 e. The van der Waals surface area contributed by atoms with Gasteiger partial charge in [0.1, 0.15) is 22.2 Å². The van der Waals surface area contributed by atoms with E-state index in [0.29, 0.717) is 11.6 Å². The van der Waals surface area contributed by atoms with E-state index in [1.165, 1.54) is 23.5 Å². The molecule has 0 saturated heterocycles. The largest absolute Gasteiger partial charge is 0.573 e. The molecule has 1 aromatic carbocycles. The minimum atomic E-state index is -4.78. The molecular weight excluding hydrogens is 449 g/mol. The molecule has 0 fully saturated rings. The Labute approximate surface area is 184 Å². The van der Waals surface area contributed by atoms with Gasteiger partial charge in [-0.15, -0.1) is 24.5 Å². The van der Waals surface area contributed by atoms with Crippen LogP contribution in [0, 0.1) is 0 Å². The average molecular weight is 466 g/mol. The highest BCUT2D eigenvalue weighted by atomic mass is 32.1. The van der Waals surface area contributed by atoms with Crippen molar-refractivity contribution in [1.82, 2.24) is 20.6 Å². The first-order valence-electron chi connectivity index (χ1n) is 9.15. The Balaban J connectivity index is 1.39. The number of carbonyl (C=O) groups excluding carboxylic acids is 2. The van der Waals surface area contributed by atoms with Crippen molar-refractivity contribution in [3.05, 3.63) is 70.4 Å². The first-order valence-corrected chi connectivity index (χ1v) is 10.0. The smallest absolute Gasteiger partial charge is 0.484 e. The molecule has 2 amide bonds. The molecule has 0 saturated carbocycles. The molecule has 2 aromatic heterocycles. The number of ether oxygens (including phenoxy) is 2. The highest BCUT2D eigenvalue weighted by Gasteiger charge is 2.31. The molecule has 3 rings (SSSR count). The molecule has 0 unspecified atom stereocenters. The summed E-state index contributed by atoms with van der Waals surface area (Å²) < 4.78 is 45.4. The van der Waals surface area contributed by atoms with Crippen LogP contribution in [0.3, 0.4) is 0 Å². The molecule has 0 bridgehead atoms. The number of hydrogen-bond acceptors (Lipinski definition) is 7. The lowest BCUT2D eigenvalue weighted by Crippen LogP contribution is -2.28. The zero-order valence-corrected chi connectivity index (χ0v) is 17.2. The average Bonchev–Trinajstić information content (AvgIpc) is 3.24. The van der Waals surface area contributed by atoms with Crippen molar-refractivity contribution >= 4 is 23.2 Å². The molecule has 0 aliphatic carbocycles. The maximum atomic E-state index is 12.2. The summed E-state index contributed by atoms with van der Waals surface area (Å²) in [5.41, 5.74) is 1.14. The molecule has 32 heavy (non-hydrogen) atoms. The number of alkyl halides is 3. The van der Waals surface area contributed by atoms with Crippen LogP contribution in [0.5, 0.6) is 11.5 Å². The summed E-state index contributed by atoms with van der Waals surface area (Å²) in [5, 5.41) is 7.46. The Kier molecular flexibility index (Phi) is 7.60. The van der Waals surface area contributed by atoms with E-state index in [1.54, 1.807) is 29.9 Å². The van der Waals surface area contributed by atoms with Crippen LogP contribution >= 0.6 is 11.3 Å². The van der Waals surface area contributed by atoms with E-state index in [4.69, 9.17) is 4.74 Å². The van der Waals surface area contributed by atoms with Crippen LogP contribution in [-0.2, 0) is 17.9 Å². The lowest BCUT2D eigenvalue weighted by atomic mass is 10.2. The number of aromatic nitrogens is 2. The monoisotopic (exact) mass is 466 g/mol. The van der Waals surface area contributed by atoms with Gasteiger partial charge >= 0.3 is 6.36 Å². The van der Waals surface area contributed by atoms with Crippen molar-refractivity contribution in [2.24, 2.45) is 0 Å². The second-order valence-corrected chi connectivity index (χ2v) is 7.19. The van der Waals surface area contributed by atoms with Crippen LogP contribution in [0.15, 0.2) is 54.2 Å². The molecule has 0 atom stereocenters. The Hall–Kier alpha value is -3.67. The van der Waals surface area contributed by atoms with Gasteiger partial charge in [-0.25, -0.2) is 4.98 Å². The van der Waals surface area contributed by atoms with E-state index in [9.17, 15) is 22.8 Å². The third-order valence-corrected chi connectivity index (χ3v) is 4.70. The minimum absolute atomic E-state index is 0.100. The van der Waals surface area contributed by atoms with Gasteiger partial charge in [-0.2, -0.15) is 0 Å². The van der Waals surface area contributed by atoms with Crippen LogP contribution in [-0.4, -0.2) is 34.8 Å². The van der Waals surface area contributed by atoms with E-state index in [0.717, 1.165) is 17.7 Å². The summed E-state index contributed by atoms with van der Waals surface area (Å²) in [6.07, 6.45) is -1.52. The van der Waals surface area contributed by atoms with Crippen LogP contribution in [0.4, 0.5) is 13.2 Å². The third kappa shape index (κ3) is 7.54. The van der Waals surface area contributed by atoms with Gasteiger partial charge in [0.15, 0.2) is 6.61 Å². The first-order chi connectivity index (χ1) is 15.3. The van der Waals surface area contributed by atoms with Crippen LogP contribution in [0.25, 0.3) is 0 Å². The Morgan fingerprint density at radius 2 is 1.66 bits per heavy atom. The van der Waals surface area contributed by atoms with Gasteiger partial charge in [0, 0.05) is 24.3 Å². The maximum absolute atomic E-state index is 12.2. The molecule has 2 heterocycles. The molecule has 0 radical (unpaired) electrons. The van der Waals surface area contributed by atoms with Crippen LogP contribution in [0.1, 0.15) is 21.1 Å². The summed E-state index contributed by atoms with van der Waals surface area (Å²) in [5.74, 6) is -0.979. The molecule has 8 nitrogen and oxygen atoms in total. The fraction of sp³-hybridized carbons (Fsp3) is 0.200. The Morgan fingerprint density at radius 3 is 2.34 bits per heavy atom. The van der Waals surface area contributed by atoms with E-state index in [1.807, 2.05) is 0 Å². The van der Waals surface area contributed by atoms with Gasteiger partial charge in [-0.1, -0.05) is 0 Å². The number of amides is 2. The quantitative estimate of drug-likeness (QED) is 0.503. The second-order valence-electron chi connectivity index (χ2n) is 6.25. The van der Waals surface area contributed by atoms with Gasteiger partial charge in [0.2, 0.25) is 0 Å². The number of halogens is 3. The topological polar surface area (TPSA) is 102 Å².